The van der Waals surface area contributed by atoms with Crippen LogP contribution in [0.4, 0.5) is 5.82 Å². The molecule has 0 bridgehead atoms. The van der Waals surface area contributed by atoms with Crippen molar-refractivity contribution in [3.8, 4) is 0 Å². The number of halogens is 1. The zero-order chi connectivity index (χ0) is 6.97. The molecule has 2 nitrogen and oxygen atoms in total. The minimum absolute atomic E-state index is 1.05. The van der Waals surface area contributed by atoms with Crippen molar-refractivity contribution in [1.29, 1.82) is 0 Å². The lowest BCUT2D eigenvalue weighted by Crippen LogP contribution is -2.29. The van der Waals surface area contributed by atoms with E-state index >= 15 is 0 Å². The molecule has 1 aromatic heterocycles. The Labute approximate surface area is 68.0 Å². The van der Waals surface area contributed by atoms with Crippen molar-refractivity contribution >= 4 is 21.7 Å². The average molecular weight is 200 g/mol. The average Bonchev–Trinajstić information content (AvgIpc) is 2.33. The van der Waals surface area contributed by atoms with Crippen LogP contribution >= 0.6 is 15.9 Å². The Bertz CT molecular complexity index is 260. The molecule has 0 spiro atoms. The number of fused-ring (bicyclic) bond motifs is 1. The summed E-state index contributed by atoms with van der Waals surface area (Å²) in [5, 5.41) is 3.27. The normalized spacial score (nSPS) is 14.5. The van der Waals surface area contributed by atoms with Crippen LogP contribution in [0.25, 0.3) is 0 Å². The Balaban J connectivity index is 2.52. The smallest absolute Gasteiger partial charge is 0.270 e. The highest BCUT2D eigenvalue weighted by Gasteiger charge is 2.15. The first-order valence-corrected chi connectivity index (χ1v) is 4.08. The third-order valence-electron chi connectivity index (χ3n) is 1.65. The monoisotopic (exact) mass is 199 g/mol. The number of anilines is 1. The molecule has 1 N–H and O–H groups in total. The van der Waals surface area contributed by atoms with E-state index in [1.807, 2.05) is 6.07 Å². The van der Waals surface area contributed by atoms with Crippen LogP contribution in [0, 0.1) is 0 Å². The summed E-state index contributed by atoms with van der Waals surface area (Å²) in [7, 11) is 0. The van der Waals surface area contributed by atoms with E-state index in [-0.39, 0.29) is 0 Å². The molecule has 2 heterocycles. The summed E-state index contributed by atoms with van der Waals surface area (Å²) in [4.78, 5) is 0. The Hall–Kier alpha value is -0.570. The number of rotatable bonds is 0. The molecule has 0 aliphatic carbocycles. The van der Waals surface area contributed by atoms with E-state index in [4.69, 9.17) is 0 Å². The molecule has 1 aliphatic heterocycles. The first kappa shape index (κ1) is 6.16. The summed E-state index contributed by atoms with van der Waals surface area (Å²) in [6.07, 6.45) is 2.09. The lowest BCUT2D eigenvalue weighted by Gasteiger charge is -1.92. The highest BCUT2D eigenvalue weighted by molar-refractivity contribution is 9.10. The van der Waals surface area contributed by atoms with E-state index < -0.39 is 0 Å². The van der Waals surface area contributed by atoms with Gasteiger partial charge in [-0.1, -0.05) is 0 Å². The molecule has 0 saturated carbocycles. The van der Waals surface area contributed by atoms with Crippen LogP contribution in [0.2, 0.25) is 0 Å². The van der Waals surface area contributed by atoms with E-state index in [9.17, 15) is 0 Å². The maximum atomic E-state index is 3.42. The number of nitrogens with zero attached hydrogens (tertiary/aromatic N) is 1. The van der Waals surface area contributed by atoms with Gasteiger partial charge in [0.15, 0.2) is 0 Å². The van der Waals surface area contributed by atoms with E-state index in [0.29, 0.717) is 0 Å². The number of aromatic nitrogens is 1. The fourth-order valence-electron chi connectivity index (χ4n) is 1.17. The molecule has 52 valence electrons. The number of hydrogen-bond acceptors (Lipinski definition) is 1. The van der Waals surface area contributed by atoms with Gasteiger partial charge in [0.2, 0.25) is 0 Å². The van der Waals surface area contributed by atoms with Crippen molar-refractivity contribution < 1.29 is 4.57 Å². The van der Waals surface area contributed by atoms with E-state index in [0.717, 1.165) is 17.6 Å². The van der Waals surface area contributed by atoms with Crippen LogP contribution in [0.3, 0.4) is 0 Å². The Morgan fingerprint density at radius 2 is 2.40 bits per heavy atom. The van der Waals surface area contributed by atoms with Gasteiger partial charge in [-0.3, -0.25) is 5.32 Å². The Morgan fingerprint density at radius 1 is 1.50 bits per heavy atom. The summed E-state index contributed by atoms with van der Waals surface area (Å²) >= 11 is 3.42. The van der Waals surface area contributed by atoms with Crippen molar-refractivity contribution in [3.05, 3.63) is 22.8 Å². The lowest BCUT2D eigenvalue weighted by molar-refractivity contribution is -0.671. The van der Waals surface area contributed by atoms with Crippen molar-refractivity contribution in [3.63, 3.8) is 0 Å². The second kappa shape index (κ2) is 2.23. The molecule has 1 aliphatic rings. The zero-order valence-electron chi connectivity index (χ0n) is 5.47. The summed E-state index contributed by atoms with van der Waals surface area (Å²) in [6, 6.07) is 4.13. The Morgan fingerprint density at radius 3 is 3.30 bits per heavy atom. The second-order valence-corrected chi connectivity index (χ2v) is 3.27. The van der Waals surface area contributed by atoms with Gasteiger partial charge in [0.25, 0.3) is 5.82 Å². The molecular weight excluding hydrogens is 192 g/mol. The molecule has 3 heteroatoms. The van der Waals surface area contributed by atoms with Crippen LogP contribution < -0.4 is 9.88 Å². The predicted octanol–water partition coefficient (Wildman–Crippen LogP) is 1.16. The minimum atomic E-state index is 1.05. The number of nitrogens with one attached hydrogen (secondary N) is 1. The predicted molar refractivity (Wildman–Crippen MR) is 42.8 cm³/mol. The SMILES string of the molecule is Brc1ccc2[n+](c1)CCN2. The summed E-state index contributed by atoms with van der Waals surface area (Å²) in [5.41, 5.74) is 0. The van der Waals surface area contributed by atoms with Crippen LogP contribution in [-0.4, -0.2) is 6.54 Å². The van der Waals surface area contributed by atoms with E-state index in [2.05, 4.69) is 38.1 Å². The third kappa shape index (κ3) is 0.904. The minimum Gasteiger partial charge on any atom is -0.270 e. The van der Waals surface area contributed by atoms with Gasteiger partial charge in [0.05, 0.1) is 4.47 Å². The summed E-state index contributed by atoms with van der Waals surface area (Å²) in [6.45, 7) is 2.13. The molecule has 2 rings (SSSR count). The van der Waals surface area contributed by atoms with Crippen molar-refractivity contribution in [2.45, 2.75) is 6.54 Å². The van der Waals surface area contributed by atoms with Crippen LogP contribution in [0.1, 0.15) is 0 Å². The van der Waals surface area contributed by atoms with Gasteiger partial charge in [-0.15, -0.1) is 0 Å². The van der Waals surface area contributed by atoms with Gasteiger partial charge in [0, 0.05) is 6.07 Å². The first-order chi connectivity index (χ1) is 4.86. The molecule has 0 aromatic carbocycles. The molecule has 0 saturated heterocycles. The molecule has 0 atom stereocenters. The van der Waals surface area contributed by atoms with Crippen LogP contribution in [0.15, 0.2) is 22.8 Å². The van der Waals surface area contributed by atoms with Gasteiger partial charge in [-0.2, -0.15) is 0 Å². The number of pyridine rings is 1. The van der Waals surface area contributed by atoms with E-state index in [1.165, 1.54) is 5.82 Å². The highest BCUT2D eigenvalue weighted by atomic mass is 79.9. The fourth-order valence-corrected chi connectivity index (χ4v) is 1.54. The largest absolute Gasteiger partial charge is 0.274 e. The standard InChI is InChI=1S/C7H7BrN2/c8-6-1-2-7-9-3-4-10(7)5-6/h1-2,5H,3-4H2/p+1. The van der Waals surface area contributed by atoms with Crippen LogP contribution in [0.5, 0.6) is 0 Å². The van der Waals surface area contributed by atoms with Crippen molar-refractivity contribution in [2.24, 2.45) is 0 Å². The van der Waals surface area contributed by atoms with Gasteiger partial charge in [-0.25, -0.2) is 4.57 Å². The van der Waals surface area contributed by atoms with E-state index in [1.54, 1.807) is 0 Å². The highest BCUT2D eigenvalue weighted by Crippen LogP contribution is 2.11. The lowest BCUT2D eigenvalue weighted by atomic mass is 10.4. The second-order valence-electron chi connectivity index (χ2n) is 2.35. The number of hydrogen-bond donors (Lipinski definition) is 1. The molecule has 0 radical (unpaired) electrons. The third-order valence-corrected chi connectivity index (χ3v) is 2.12. The topological polar surface area (TPSA) is 15.9 Å². The molecule has 0 fully saturated rings. The summed E-state index contributed by atoms with van der Waals surface area (Å²) in [5.74, 6) is 1.21. The summed E-state index contributed by atoms with van der Waals surface area (Å²) < 4.78 is 3.34. The fraction of sp³-hybridized carbons (Fsp3) is 0.286. The Kier molecular flexibility index (Phi) is 1.38. The zero-order valence-corrected chi connectivity index (χ0v) is 7.06. The quantitative estimate of drug-likeness (QED) is 0.621. The molecule has 0 amide bonds. The maximum Gasteiger partial charge on any atom is 0.274 e. The molecule has 1 aromatic rings. The first-order valence-electron chi connectivity index (χ1n) is 3.29. The molecular formula is C7H8BrN2+. The van der Waals surface area contributed by atoms with Crippen molar-refractivity contribution in [1.82, 2.24) is 0 Å². The van der Waals surface area contributed by atoms with Gasteiger partial charge < -0.3 is 0 Å². The molecule has 0 unspecified atom stereocenters. The van der Waals surface area contributed by atoms with Gasteiger partial charge in [-0.05, 0) is 22.0 Å². The van der Waals surface area contributed by atoms with Crippen molar-refractivity contribution in [2.75, 3.05) is 11.9 Å². The van der Waals surface area contributed by atoms with Gasteiger partial charge in [0.1, 0.15) is 19.3 Å². The van der Waals surface area contributed by atoms with Gasteiger partial charge >= 0.3 is 0 Å². The maximum absolute atomic E-state index is 3.42. The molecule has 10 heavy (non-hydrogen) atoms. The van der Waals surface area contributed by atoms with Crippen LogP contribution in [-0.2, 0) is 6.54 Å².